The maximum absolute atomic E-state index is 12.3. The summed E-state index contributed by atoms with van der Waals surface area (Å²) in [5.74, 6) is 1.89. The summed E-state index contributed by atoms with van der Waals surface area (Å²) in [7, 11) is 0. The first kappa shape index (κ1) is 15.2. The van der Waals surface area contributed by atoms with Crippen molar-refractivity contribution in [3.63, 3.8) is 0 Å². The fraction of sp³-hybridized carbons (Fsp3) is 0.278. The molecule has 0 aliphatic carbocycles. The summed E-state index contributed by atoms with van der Waals surface area (Å²) in [4.78, 5) is 14.1. The van der Waals surface area contributed by atoms with Crippen molar-refractivity contribution in [1.29, 1.82) is 0 Å². The van der Waals surface area contributed by atoms with Crippen LogP contribution in [0.3, 0.4) is 0 Å². The lowest BCUT2D eigenvalue weighted by Crippen LogP contribution is -2.34. The van der Waals surface area contributed by atoms with Crippen molar-refractivity contribution in [2.45, 2.75) is 13.5 Å². The van der Waals surface area contributed by atoms with Crippen molar-refractivity contribution in [3.05, 3.63) is 54.1 Å². The first-order valence-electron chi connectivity index (χ1n) is 7.60. The molecule has 0 saturated carbocycles. The summed E-state index contributed by atoms with van der Waals surface area (Å²) in [6.45, 7) is 3.40. The molecule has 0 saturated heterocycles. The second-order valence-corrected chi connectivity index (χ2v) is 5.20. The van der Waals surface area contributed by atoms with Crippen LogP contribution in [0.4, 0.5) is 0 Å². The Kier molecular flexibility index (Phi) is 4.66. The summed E-state index contributed by atoms with van der Waals surface area (Å²) in [6.07, 6.45) is 0. The predicted octanol–water partition coefficient (Wildman–Crippen LogP) is 2.84. The summed E-state index contributed by atoms with van der Waals surface area (Å²) < 4.78 is 16.1. The molecule has 23 heavy (non-hydrogen) atoms. The molecule has 1 amide bonds. The van der Waals surface area contributed by atoms with E-state index in [1.54, 1.807) is 23.1 Å². The molecule has 5 heteroatoms. The number of carbonyl (C=O) groups is 1. The molecule has 5 nitrogen and oxygen atoms in total. The van der Waals surface area contributed by atoms with Crippen LogP contribution in [0.5, 0.6) is 17.2 Å². The topological polar surface area (TPSA) is 48.0 Å². The lowest BCUT2D eigenvalue weighted by Gasteiger charge is -2.21. The van der Waals surface area contributed by atoms with E-state index >= 15 is 0 Å². The minimum atomic E-state index is -0.0472. The molecule has 0 unspecified atom stereocenters. The molecule has 0 N–H and O–H groups in total. The monoisotopic (exact) mass is 313 g/mol. The summed E-state index contributed by atoms with van der Waals surface area (Å²) in [6, 6.07) is 15.2. The lowest BCUT2D eigenvalue weighted by atomic mass is 10.2. The van der Waals surface area contributed by atoms with Crippen LogP contribution in [0.1, 0.15) is 12.5 Å². The number of rotatable bonds is 6. The molecule has 0 aromatic heterocycles. The van der Waals surface area contributed by atoms with Gasteiger partial charge in [-0.3, -0.25) is 4.79 Å². The number of amides is 1. The van der Waals surface area contributed by atoms with E-state index in [0.29, 0.717) is 30.3 Å². The molecule has 2 aromatic rings. The Labute approximate surface area is 135 Å². The third kappa shape index (κ3) is 3.74. The Balaban J connectivity index is 1.57. The molecule has 1 aliphatic heterocycles. The second kappa shape index (κ2) is 7.05. The van der Waals surface area contributed by atoms with Crippen LogP contribution in [0, 0.1) is 0 Å². The molecule has 3 rings (SSSR count). The number of hydrogen-bond donors (Lipinski definition) is 0. The summed E-state index contributed by atoms with van der Waals surface area (Å²) in [5, 5.41) is 0. The number of ether oxygens (including phenoxy) is 3. The number of fused-ring (bicyclic) bond motifs is 1. The molecule has 0 radical (unpaired) electrons. The smallest absolute Gasteiger partial charge is 0.260 e. The van der Waals surface area contributed by atoms with Gasteiger partial charge in [0.2, 0.25) is 6.79 Å². The van der Waals surface area contributed by atoms with Gasteiger partial charge in [0.1, 0.15) is 5.75 Å². The standard InChI is InChI=1S/C18H19NO4/c1-2-19(11-14-6-4-3-5-7-14)18(20)12-21-15-8-9-16-17(10-15)23-13-22-16/h3-10H,2,11-13H2,1H3. The summed E-state index contributed by atoms with van der Waals surface area (Å²) in [5.41, 5.74) is 1.10. The third-order valence-corrected chi connectivity index (χ3v) is 3.66. The Hall–Kier alpha value is -2.69. The van der Waals surface area contributed by atoms with E-state index in [2.05, 4.69) is 0 Å². The zero-order valence-electron chi connectivity index (χ0n) is 13.0. The third-order valence-electron chi connectivity index (χ3n) is 3.66. The van der Waals surface area contributed by atoms with Crippen LogP contribution in [0.15, 0.2) is 48.5 Å². The van der Waals surface area contributed by atoms with Gasteiger partial charge in [0.15, 0.2) is 18.1 Å². The molecule has 0 fully saturated rings. The van der Waals surface area contributed by atoms with Gasteiger partial charge in [0, 0.05) is 19.2 Å². The van der Waals surface area contributed by atoms with E-state index in [0.717, 1.165) is 5.56 Å². The van der Waals surface area contributed by atoms with Gasteiger partial charge in [0.25, 0.3) is 5.91 Å². The van der Waals surface area contributed by atoms with Crippen LogP contribution in [-0.2, 0) is 11.3 Å². The van der Waals surface area contributed by atoms with E-state index in [1.807, 2.05) is 37.3 Å². The van der Waals surface area contributed by atoms with Crippen LogP contribution in [0.25, 0.3) is 0 Å². The molecule has 1 heterocycles. The molecular weight excluding hydrogens is 294 g/mol. The maximum Gasteiger partial charge on any atom is 0.260 e. The van der Waals surface area contributed by atoms with Gasteiger partial charge in [-0.2, -0.15) is 0 Å². The van der Waals surface area contributed by atoms with Crippen molar-refractivity contribution in [1.82, 2.24) is 4.90 Å². The zero-order valence-corrected chi connectivity index (χ0v) is 13.0. The van der Waals surface area contributed by atoms with E-state index in [9.17, 15) is 4.79 Å². The SMILES string of the molecule is CCN(Cc1ccccc1)C(=O)COc1ccc2c(c1)OCO2. The highest BCUT2D eigenvalue weighted by Gasteiger charge is 2.16. The van der Waals surface area contributed by atoms with Crippen LogP contribution in [-0.4, -0.2) is 30.8 Å². The van der Waals surface area contributed by atoms with Crippen LogP contribution >= 0.6 is 0 Å². The van der Waals surface area contributed by atoms with Gasteiger partial charge in [-0.15, -0.1) is 0 Å². The highest BCUT2D eigenvalue weighted by atomic mass is 16.7. The number of benzene rings is 2. The van der Waals surface area contributed by atoms with Gasteiger partial charge in [-0.25, -0.2) is 0 Å². The van der Waals surface area contributed by atoms with Gasteiger partial charge in [-0.05, 0) is 24.6 Å². The minimum absolute atomic E-state index is 0.000315. The number of likely N-dealkylation sites (N-methyl/N-ethyl adjacent to an activating group) is 1. The summed E-state index contributed by atoms with van der Waals surface area (Å²) >= 11 is 0. The van der Waals surface area contributed by atoms with E-state index in [4.69, 9.17) is 14.2 Å². The van der Waals surface area contributed by atoms with Crippen LogP contribution in [0.2, 0.25) is 0 Å². The Morgan fingerprint density at radius 3 is 2.70 bits per heavy atom. The normalized spacial score (nSPS) is 12.0. The number of carbonyl (C=O) groups excluding carboxylic acids is 1. The number of nitrogens with zero attached hydrogens (tertiary/aromatic N) is 1. The molecule has 120 valence electrons. The van der Waals surface area contributed by atoms with Crippen molar-refractivity contribution in [3.8, 4) is 17.2 Å². The van der Waals surface area contributed by atoms with Crippen molar-refractivity contribution in [2.24, 2.45) is 0 Å². The van der Waals surface area contributed by atoms with Crippen molar-refractivity contribution < 1.29 is 19.0 Å². The molecule has 0 atom stereocenters. The van der Waals surface area contributed by atoms with E-state index in [1.165, 1.54) is 0 Å². The van der Waals surface area contributed by atoms with Gasteiger partial charge in [-0.1, -0.05) is 30.3 Å². The van der Waals surface area contributed by atoms with Crippen LogP contribution < -0.4 is 14.2 Å². The quantitative estimate of drug-likeness (QED) is 0.823. The fourth-order valence-corrected chi connectivity index (χ4v) is 2.38. The van der Waals surface area contributed by atoms with E-state index < -0.39 is 0 Å². The predicted molar refractivity (Wildman–Crippen MR) is 85.6 cm³/mol. The number of hydrogen-bond acceptors (Lipinski definition) is 4. The average Bonchev–Trinajstić information content (AvgIpc) is 3.06. The highest BCUT2D eigenvalue weighted by molar-refractivity contribution is 5.77. The molecule has 0 bridgehead atoms. The van der Waals surface area contributed by atoms with Gasteiger partial charge < -0.3 is 19.1 Å². The van der Waals surface area contributed by atoms with E-state index in [-0.39, 0.29) is 19.3 Å². The first-order valence-corrected chi connectivity index (χ1v) is 7.60. The van der Waals surface area contributed by atoms with Crippen molar-refractivity contribution >= 4 is 5.91 Å². The fourth-order valence-electron chi connectivity index (χ4n) is 2.38. The van der Waals surface area contributed by atoms with Gasteiger partial charge >= 0.3 is 0 Å². The van der Waals surface area contributed by atoms with Crippen molar-refractivity contribution in [2.75, 3.05) is 19.9 Å². The molecule has 1 aliphatic rings. The average molecular weight is 313 g/mol. The zero-order chi connectivity index (χ0) is 16.1. The Morgan fingerprint density at radius 2 is 1.91 bits per heavy atom. The Bertz CT molecular complexity index is 672. The van der Waals surface area contributed by atoms with Gasteiger partial charge in [0.05, 0.1) is 0 Å². The molecular formula is C18H19NO4. The molecule has 0 spiro atoms. The maximum atomic E-state index is 12.3. The lowest BCUT2D eigenvalue weighted by molar-refractivity contribution is -0.133. The largest absolute Gasteiger partial charge is 0.484 e. The first-order chi connectivity index (χ1) is 11.3. The highest BCUT2D eigenvalue weighted by Crippen LogP contribution is 2.35. The Morgan fingerprint density at radius 1 is 1.13 bits per heavy atom. The minimum Gasteiger partial charge on any atom is -0.484 e. The molecule has 2 aromatic carbocycles. The second-order valence-electron chi connectivity index (χ2n) is 5.20.